The number of carbonyl (C=O) groups is 3. The Morgan fingerprint density at radius 1 is 0.949 bits per heavy atom. The molecule has 6 rings (SSSR count). The summed E-state index contributed by atoms with van der Waals surface area (Å²) in [6, 6.07) is 6.37. The van der Waals surface area contributed by atoms with Crippen LogP contribution in [0.25, 0.3) is 5.57 Å². The zero-order valence-corrected chi connectivity index (χ0v) is 38.0. The van der Waals surface area contributed by atoms with Gasteiger partial charge in [-0.3, -0.25) is 9.69 Å². The van der Waals surface area contributed by atoms with Crippen LogP contribution in [0.5, 0.6) is 11.5 Å². The summed E-state index contributed by atoms with van der Waals surface area (Å²) in [5, 5.41) is 1.63. The standard InChI is InChI=1S/C44H56Cl2N4O8S/c1-25-18-32(45)39(38(46)26(25)2)56-17-16-55-24-36-47-20-35(59-36)31-19-30-22-48(41(52)57-43(4,5)6)23-33(50(30)42(53)58-44(7,8)9)37(31)40(51)49(29-14-15-29)21-28-12-11-13-34(54-10)27(28)3/h11-13,18,20,29-30,33H,14-17,19,21-24H2,1-10H3/t30?,33-/m1/s1. The van der Waals surface area contributed by atoms with E-state index in [0.29, 0.717) is 39.3 Å². The summed E-state index contributed by atoms with van der Waals surface area (Å²) in [5.74, 6) is 0.974. The summed E-state index contributed by atoms with van der Waals surface area (Å²) in [5.41, 5.74) is 3.52. The number of amides is 3. The first-order valence-electron chi connectivity index (χ1n) is 20.0. The average molecular weight is 872 g/mol. The number of aromatic nitrogens is 1. The summed E-state index contributed by atoms with van der Waals surface area (Å²) < 4.78 is 29.3. The molecule has 320 valence electrons. The highest BCUT2D eigenvalue weighted by atomic mass is 35.5. The van der Waals surface area contributed by atoms with E-state index in [0.717, 1.165) is 51.3 Å². The Kier molecular flexibility index (Phi) is 13.5. The molecule has 2 fully saturated rings. The van der Waals surface area contributed by atoms with Crippen LogP contribution in [0, 0.1) is 20.8 Å². The quantitative estimate of drug-likeness (QED) is 0.164. The van der Waals surface area contributed by atoms with Crippen molar-refractivity contribution in [3.05, 3.63) is 78.2 Å². The Morgan fingerprint density at radius 3 is 2.31 bits per heavy atom. The second-order valence-electron chi connectivity index (χ2n) is 17.4. The Bertz CT molecular complexity index is 2100. The predicted molar refractivity (Wildman–Crippen MR) is 229 cm³/mol. The average Bonchev–Trinajstić information content (AvgIpc) is 3.88. The maximum Gasteiger partial charge on any atom is 0.411 e. The molecule has 3 amide bonds. The van der Waals surface area contributed by atoms with Crippen molar-refractivity contribution in [2.45, 2.75) is 124 Å². The van der Waals surface area contributed by atoms with Crippen LogP contribution in [0.1, 0.15) is 92.9 Å². The number of rotatable bonds is 12. The molecule has 1 unspecified atom stereocenters. The van der Waals surface area contributed by atoms with Crippen LogP contribution in [-0.4, -0.2) is 101 Å². The summed E-state index contributed by atoms with van der Waals surface area (Å²) >= 11 is 14.4. The van der Waals surface area contributed by atoms with Gasteiger partial charge in [0, 0.05) is 37.4 Å². The van der Waals surface area contributed by atoms with Gasteiger partial charge in [0.05, 0.1) is 47.3 Å². The van der Waals surface area contributed by atoms with Crippen LogP contribution < -0.4 is 9.47 Å². The molecule has 3 heterocycles. The zero-order chi connectivity index (χ0) is 43.0. The van der Waals surface area contributed by atoms with E-state index >= 15 is 4.79 Å². The van der Waals surface area contributed by atoms with Crippen LogP contribution >= 0.6 is 34.5 Å². The molecule has 1 saturated carbocycles. The number of halogens is 2. The lowest BCUT2D eigenvalue weighted by atomic mass is 9.83. The molecule has 3 aromatic rings. The van der Waals surface area contributed by atoms with Gasteiger partial charge in [-0.1, -0.05) is 35.3 Å². The predicted octanol–water partition coefficient (Wildman–Crippen LogP) is 9.55. The molecular formula is C44H56Cl2N4O8S. The fourth-order valence-corrected chi connectivity index (χ4v) is 9.04. The first-order chi connectivity index (χ1) is 27.8. The number of methoxy groups -OCH3 is 1. The molecule has 12 nitrogen and oxygen atoms in total. The first kappa shape index (κ1) is 44.5. The van der Waals surface area contributed by atoms with Crippen LogP contribution in [0.15, 0.2) is 36.0 Å². The van der Waals surface area contributed by atoms with Crippen molar-refractivity contribution >= 4 is 58.2 Å². The van der Waals surface area contributed by atoms with Gasteiger partial charge in [0.2, 0.25) is 0 Å². The molecular weight excluding hydrogens is 815 g/mol. The van der Waals surface area contributed by atoms with Crippen molar-refractivity contribution < 1.29 is 38.1 Å². The third kappa shape index (κ3) is 10.5. The number of aryl methyl sites for hydroxylation is 1. The SMILES string of the molecule is COc1cccc(CN(C(=O)C2=C(c3cnc(COCCOc4c(Cl)cc(C)c(C)c4Cl)s3)CC3CN(C(=O)OC(C)(C)C)C[C@H]2N3C(=O)OC(C)(C)C)C2CC2)c1C. The number of hydrogen-bond acceptors (Lipinski definition) is 10. The van der Waals surface area contributed by atoms with Crippen LogP contribution in [0.4, 0.5) is 9.59 Å². The molecule has 1 aromatic heterocycles. The summed E-state index contributed by atoms with van der Waals surface area (Å²) in [4.78, 5) is 53.9. The highest BCUT2D eigenvalue weighted by Crippen LogP contribution is 2.44. The first-order valence-corrected chi connectivity index (χ1v) is 21.6. The van der Waals surface area contributed by atoms with E-state index in [9.17, 15) is 9.59 Å². The maximum absolute atomic E-state index is 15.4. The Hall–Kier alpha value is -4.04. The van der Waals surface area contributed by atoms with Crippen molar-refractivity contribution in [1.29, 1.82) is 0 Å². The lowest BCUT2D eigenvalue weighted by Crippen LogP contribution is -2.66. The van der Waals surface area contributed by atoms with Gasteiger partial charge in [0.1, 0.15) is 28.6 Å². The zero-order valence-electron chi connectivity index (χ0n) is 35.7. The van der Waals surface area contributed by atoms with Crippen LogP contribution in [0.2, 0.25) is 10.0 Å². The van der Waals surface area contributed by atoms with E-state index in [1.165, 1.54) is 11.3 Å². The minimum Gasteiger partial charge on any atom is -0.496 e. The van der Waals surface area contributed by atoms with Crippen LogP contribution in [-0.2, 0) is 32.2 Å². The van der Waals surface area contributed by atoms with Crippen molar-refractivity contribution in [3.8, 4) is 11.5 Å². The fourth-order valence-electron chi connectivity index (χ4n) is 7.45. The summed E-state index contributed by atoms with van der Waals surface area (Å²) in [6.45, 7) is 18.1. The number of thiazole rings is 1. The number of nitrogens with zero attached hydrogens (tertiary/aromatic N) is 4. The minimum atomic E-state index is -0.817. The van der Waals surface area contributed by atoms with Crippen molar-refractivity contribution in [2.24, 2.45) is 0 Å². The third-order valence-electron chi connectivity index (χ3n) is 10.6. The largest absolute Gasteiger partial charge is 0.496 e. The lowest BCUT2D eigenvalue weighted by Gasteiger charge is -2.51. The summed E-state index contributed by atoms with van der Waals surface area (Å²) in [6.07, 6.45) is 2.75. The van der Waals surface area contributed by atoms with Gasteiger partial charge >= 0.3 is 12.2 Å². The van der Waals surface area contributed by atoms with Crippen molar-refractivity contribution in [3.63, 3.8) is 0 Å². The smallest absolute Gasteiger partial charge is 0.411 e. The Morgan fingerprint density at radius 2 is 1.64 bits per heavy atom. The Balaban J connectivity index is 1.34. The molecule has 1 saturated heterocycles. The lowest BCUT2D eigenvalue weighted by molar-refractivity contribution is -0.129. The van der Waals surface area contributed by atoms with Gasteiger partial charge in [-0.25, -0.2) is 14.6 Å². The second kappa shape index (κ2) is 17.9. The molecule has 15 heteroatoms. The van der Waals surface area contributed by atoms with Gasteiger partial charge in [-0.05, 0) is 122 Å². The van der Waals surface area contributed by atoms with E-state index < -0.39 is 35.5 Å². The maximum atomic E-state index is 15.4. The van der Waals surface area contributed by atoms with E-state index in [1.54, 1.807) is 23.1 Å². The van der Waals surface area contributed by atoms with Gasteiger partial charge in [0.15, 0.2) is 5.75 Å². The molecule has 0 radical (unpaired) electrons. The number of fused-ring (bicyclic) bond motifs is 2. The van der Waals surface area contributed by atoms with E-state index in [1.807, 2.05) is 91.5 Å². The molecule has 2 aromatic carbocycles. The molecule has 3 aliphatic rings. The van der Waals surface area contributed by atoms with Crippen LogP contribution in [0.3, 0.4) is 0 Å². The number of hydrogen-bond donors (Lipinski definition) is 0. The normalized spacial score (nSPS) is 18.2. The molecule has 1 aliphatic carbocycles. The molecule has 2 aliphatic heterocycles. The van der Waals surface area contributed by atoms with E-state index in [4.69, 9.17) is 51.9 Å². The molecule has 59 heavy (non-hydrogen) atoms. The van der Waals surface area contributed by atoms with Gasteiger partial charge < -0.3 is 33.5 Å². The number of ether oxygens (including phenoxy) is 5. The second-order valence-corrected chi connectivity index (χ2v) is 19.3. The molecule has 2 bridgehead atoms. The van der Waals surface area contributed by atoms with Crippen molar-refractivity contribution in [2.75, 3.05) is 33.4 Å². The highest BCUT2D eigenvalue weighted by molar-refractivity contribution is 7.12. The van der Waals surface area contributed by atoms with Gasteiger partial charge in [-0.15, -0.1) is 11.3 Å². The monoisotopic (exact) mass is 870 g/mol. The van der Waals surface area contributed by atoms with Gasteiger partial charge in [0.25, 0.3) is 5.91 Å². The minimum absolute atomic E-state index is 0.0151. The number of benzene rings is 2. The third-order valence-corrected chi connectivity index (χ3v) is 12.3. The number of piperazine rings is 1. The van der Waals surface area contributed by atoms with E-state index in [2.05, 4.69) is 0 Å². The summed E-state index contributed by atoms with van der Waals surface area (Å²) in [7, 11) is 1.64. The van der Waals surface area contributed by atoms with Crippen molar-refractivity contribution in [1.82, 2.24) is 19.7 Å². The highest BCUT2D eigenvalue weighted by Gasteiger charge is 2.51. The number of carbonyl (C=O) groups excluding carboxylic acids is 3. The molecule has 2 atom stereocenters. The fraction of sp³-hybridized carbons (Fsp3) is 0.545. The van der Waals surface area contributed by atoms with E-state index in [-0.39, 0.29) is 44.9 Å². The molecule has 0 spiro atoms. The Labute approximate surface area is 361 Å². The van der Waals surface area contributed by atoms with Gasteiger partial charge in [-0.2, -0.15) is 0 Å². The molecule has 0 N–H and O–H groups in total. The topological polar surface area (TPSA) is 120 Å².